The van der Waals surface area contributed by atoms with Crippen LogP contribution in [-0.2, 0) is 10.0 Å². The van der Waals surface area contributed by atoms with E-state index in [1.807, 2.05) is 31.2 Å². The van der Waals surface area contributed by atoms with Crippen LogP contribution in [0.15, 0.2) is 24.3 Å². The maximum atomic E-state index is 12.7. The molecule has 22 heavy (non-hydrogen) atoms. The monoisotopic (exact) mass is 321 g/mol. The predicted octanol–water partition coefficient (Wildman–Crippen LogP) is 1.23. The van der Waals surface area contributed by atoms with Crippen molar-refractivity contribution in [2.24, 2.45) is 11.1 Å². The number of likely N-dealkylation sites (tertiary alicyclic amines) is 1. The Kier molecular flexibility index (Phi) is 3.70. The molecule has 118 valence electrons. The van der Waals surface area contributed by atoms with Gasteiger partial charge in [0.15, 0.2) is 0 Å². The Labute approximate surface area is 129 Å². The minimum Gasteiger partial charge on any atom is -0.350 e. The molecule has 1 fully saturated rings. The fourth-order valence-electron chi connectivity index (χ4n) is 3.14. The molecule has 1 aromatic heterocycles. The number of hydrogen-bond acceptors (Lipinski definition) is 3. The van der Waals surface area contributed by atoms with Crippen LogP contribution in [0.2, 0.25) is 0 Å². The third kappa shape index (κ3) is 2.86. The molecule has 1 saturated heterocycles. The molecule has 3 rings (SSSR count). The molecule has 0 radical (unpaired) electrons. The lowest BCUT2D eigenvalue weighted by Crippen LogP contribution is -2.31. The first-order valence-electron chi connectivity index (χ1n) is 7.22. The van der Waals surface area contributed by atoms with Crippen molar-refractivity contribution in [1.29, 1.82) is 0 Å². The number of carbonyl (C=O) groups is 1. The Hall–Kier alpha value is -1.86. The smallest absolute Gasteiger partial charge is 0.270 e. The summed E-state index contributed by atoms with van der Waals surface area (Å²) < 4.78 is 22.3. The van der Waals surface area contributed by atoms with Crippen LogP contribution in [0.25, 0.3) is 10.9 Å². The van der Waals surface area contributed by atoms with Gasteiger partial charge in [0.2, 0.25) is 10.0 Å². The molecule has 6 nitrogen and oxygen atoms in total. The summed E-state index contributed by atoms with van der Waals surface area (Å²) in [5.74, 6) is -0.225. The van der Waals surface area contributed by atoms with Gasteiger partial charge in [-0.15, -0.1) is 0 Å². The molecule has 1 aromatic carbocycles. The average molecular weight is 321 g/mol. The number of para-hydroxylation sites is 1. The van der Waals surface area contributed by atoms with E-state index in [9.17, 15) is 13.2 Å². The second-order valence-corrected chi connectivity index (χ2v) is 7.57. The van der Waals surface area contributed by atoms with Gasteiger partial charge in [-0.2, -0.15) is 0 Å². The van der Waals surface area contributed by atoms with E-state index in [0.29, 0.717) is 25.2 Å². The fraction of sp³-hybridized carbons (Fsp3) is 0.400. The lowest BCUT2D eigenvalue weighted by Gasteiger charge is -2.16. The first kappa shape index (κ1) is 15.1. The zero-order chi connectivity index (χ0) is 15.9. The molecule has 2 aromatic rings. The highest BCUT2D eigenvalue weighted by molar-refractivity contribution is 7.89. The number of carbonyl (C=O) groups excluding carboxylic acids is 1. The second-order valence-electron chi connectivity index (χ2n) is 5.91. The summed E-state index contributed by atoms with van der Waals surface area (Å²) in [6.45, 7) is 2.92. The van der Waals surface area contributed by atoms with Crippen LogP contribution < -0.4 is 5.14 Å². The van der Waals surface area contributed by atoms with Crippen LogP contribution in [0, 0.1) is 12.8 Å². The van der Waals surface area contributed by atoms with Crippen molar-refractivity contribution >= 4 is 26.8 Å². The van der Waals surface area contributed by atoms with Crippen LogP contribution >= 0.6 is 0 Å². The highest BCUT2D eigenvalue weighted by Gasteiger charge is 2.30. The summed E-state index contributed by atoms with van der Waals surface area (Å²) in [6, 6.07) is 7.78. The Balaban J connectivity index is 1.81. The van der Waals surface area contributed by atoms with E-state index in [0.717, 1.165) is 16.5 Å². The number of hydrogen-bond donors (Lipinski definition) is 2. The summed E-state index contributed by atoms with van der Waals surface area (Å²) >= 11 is 0. The zero-order valence-electron chi connectivity index (χ0n) is 12.4. The number of primary sulfonamides is 1. The number of nitrogens with one attached hydrogen (secondary N) is 1. The molecular formula is C15H19N3O3S. The zero-order valence-corrected chi connectivity index (χ0v) is 13.2. The van der Waals surface area contributed by atoms with Crippen LogP contribution in [0.1, 0.15) is 22.5 Å². The number of H-pyrrole nitrogens is 1. The third-order valence-electron chi connectivity index (χ3n) is 4.22. The van der Waals surface area contributed by atoms with Crippen molar-refractivity contribution in [1.82, 2.24) is 9.88 Å². The van der Waals surface area contributed by atoms with Gasteiger partial charge in [-0.05, 0) is 30.9 Å². The summed E-state index contributed by atoms with van der Waals surface area (Å²) in [4.78, 5) is 17.5. The molecule has 1 aliphatic heterocycles. The Bertz CT molecular complexity index is 826. The lowest BCUT2D eigenvalue weighted by atomic mass is 10.1. The summed E-state index contributed by atoms with van der Waals surface area (Å²) in [5, 5.41) is 6.12. The molecular weight excluding hydrogens is 302 g/mol. The van der Waals surface area contributed by atoms with Crippen molar-refractivity contribution in [3.63, 3.8) is 0 Å². The number of amides is 1. The molecule has 1 unspecified atom stereocenters. The standard InChI is InChI=1S/C15H19N3O3S/c1-10-12-4-2-3-5-13(12)17-14(10)15(19)18-7-6-11(8-18)9-22(16,20)21/h2-5,11,17H,6-9H2,1H3,(H2,16,20,21). The molecule has 7 heteroatoms. The van der Waals surface area contributed by atoms with Crippen molar-refractivity contribution in [2.45, 2.75) is 13.3 Å². The van der Waals surface area contributed by atoms with Gasteiger partial charge in [0.05, 0.1) is 5.75 Å². The molecule has 0 spiro atoms. The van der Waals surface area contributed by atoms with Gasteiger partial charge in [-0.3, -0.25) is 4.79 Å². The maximum absolute atomic E-state index is 12.7. The molecule has 0 bridgehead atoms. The van der Waals surface area contributed by atoms with E-state index < -0.39 is 10.0 Å². The predicted molar refractivity (Wildman–Crippen MR) is 85.0 cm³/mol. The lowest BCUT2D eigenvalue weighted by molar-refractivity contribution is 0.0782. The number of aromatic nitrogens is 1. The summed E-state index contributed by atoms with van der Waals surface area (Å²) in [5.41, 5.74) is 2.44. The van der Waals surface area contributed by atoms with Crippen molar-refractivity contribution in [2.75, 3.05) is 18.8 Å². The summed E-state index contributed by atoms with van der Waals surface area (Å²) in [7, 11) is -3.50. The number of aryl methyl sites for hydroxylation is 1. The normalized spacial score (nSPS) is 19.0. The van der Waals surface area contributed by atoms with Gasteiger partial charge < -0.3 is 9.88 Å². The Morgan fingerprint density at radius 2 is 2.14 bits per heavy atom. The number of rotatable bonds is 3. The third-order valence-corrected chi connectivity index (χ3v) is 5.16. The van der Waals surface area contributed by atoms with E-state index in [2.05, 4.69) is 4.98 Å². The van der Waals surface area contributed by atoms with Gasteiger partial charge in [0.1, 0.15) is 5.69 Å². The SMILES string of the molecule is Cc1c(C(=O)N2CCC(CS(N)(=O)=O)C2)[nH]c2ccccc12. The van der Waals surface area contributed by atoms with Crippen molar-refractivity contribution in [3.8, 4) is 0 Å². The van der Waals surface area contributed by atoms with Crippen LogP contribution in [0.3, 0.4) is 0 Å². The average Bonchev–Trinajstić information content (AvgIpc) is 3.02. The molecule has 1 amide bonds. The highest BCUT2D eigenvalue weighted by atomic mass is 32.2. The number of aromatic amines is 1. The van der Waals surface area contributed by atoms with E-state index >= 15 is 0 Å². The van der Waals surface area contributed by atoms with E-state index in [1.54, 1.807) is 4.90 Å². The molecule has 0 aliphatic carbocycles. The fourth-order valence-corrected chi connectivity index (χ4v) is 4.07. The van der Waals surface area contributed by atoms with Crippen LogP contribution in [-0.4, -0.2) is 43.1 Å². The van der Waals surface area contributed by atoms with Gasteiger partial charge in [-0.1, -0.05) is 18.2 Å². The topological polar surface area (TPSA) is 96.3 Å². The molecule has 1 atom stereocenters. The van der Waals surface area contributed by atoms with E-state index in [4.69, 9.17) is 5.14 Å². The number of sulfonamides is 1. The maximum Gasteiger partial charge on any atom is 0.270 e. The number of nitrogens with zero attached hydrogens (tertiary/aromatic N) is 1. The van der Waals surface area contributed by atoms with E-state index in [1.165, 1.54) is 0 Å². The summed E-state index contributed by atoms with van der Waals surface area (Å²) in [6.07, 6.45) is 0.668. The first-order valence-corrected chi connectivity index (χ1v) is 8.94. The number of benzene rings is 1. The Morgan fingerprint density at radius 3 is 2.82 bits per heavy atom. The molecule has 2 heterocycles. The minimum atomic E-state index is -3.50. The van der Waals surface area contributed by atoms with Gasteiger partial charge in [0, 0.05) is 24.0 Å². The van der Waals surface area contributed by atoms with Crippen molar-refractivity contribution < 1.29 is 13.2 Å². The highest BCUT2D eigenvalue weighted by Crippen LogP contribution is 2.25. The quantitative estimate of drug-likeness (QED) is 0.890. The first-order chi connectivity index (χ1) is 10.3. The van der Waals surface area contributed by atoms with E-state index in [-0.39, 0.29) is 17.6 Å². The number of fused-ring (bicyclic) bond motifs is 1. The second kappa shape index (κ2) is 5.40. The van der Waals surface area contributed by atoms with Crippen molar-refractivity contribution in [3.05, 3.63) is 35.5 Å². The molecule has 0 saturated carbocycles. The largest absolute Gasteiger partial charge is 0.350 e. The van der Waals surface area contributed by atoms with Gasteiger partial charge >= 0.3 is 0 Å². The Morgan fingerprint density at radius 1 is 1.41 bits per heavy atom. The molecule has 3 N–H and O–H groups in total. The van der Waals surface area contributed by atoms with Crippen LogP contribution in [0.4, 0.5) is 0 Å². The number of nitrogens with two attached hydrogens (primary N) is 1. The van der Waals surface area contributed by atoms with Gasteiger partial charge in [0.25, 0.3) is 5.91 Å². The van der Waals surface area contributed by atoms with Gasteiger partial charge in [-0.25, -0.2) is 13.6 Å². The molecule has 1 aliphatic rings. The van der Waals surface area contributed by atoms with Crippen LogP contribution in [0.5, 0.6) is 0 Å². The minimum absolute atomic E-state index is 0.0670.